The first-order valence-electron chi connectivity index (χ1n) is 8.75. The molecular formula is C18H31N3O. The summed E-state index contributed by atoms with van der Waals surface area (Å²) in [6.07, 6.45) is 7.98. The summed E-state index contributed by atoms with van der Waals surface area (Å²) in [6, 6.07) is 4.74. The van der Waals surface area contributed by atoms with Crippen molar-refractivity contribution in [2.45, 2.75) is 58.2 Å². The molecule has 0 aromatic carbocycles. The van der Waals surface area contributed by atoms with Crippen LogP contribution in [0.1, 0.15) is 45.1 Å². The van der Waals surface area contributed by atoms with E-state index in [1.54, 1.807) is 0 Å². The average Bonchev–Trinajstić information content (AvgIpc) is 2.56. The molecule has 1 aliphatic rings. The van der Waals surface area contributed by atoms with Crippen molar-refractivity contribution in [2.24, 2.45) is 5.92 Å². The van der Waals surface area contributed by atoms with Crippen LogP contribution in [0.4, 0.5) is 0 Å². The molecule has 1 aromatic rings. The van der Waals surface area contributed by atoms with Crippen LogP contribution in [-0.4, -0.2) is 46.8 Å². The van der Waals surface area contributed by atoms with Gasteiger partial charge in [-0.3, -0.25) is 9.88 Å². The number of nitrogens with one attached hydrogen (secondary N) is 1. The van der Waals surface area contributed by atoms with Crippen molar-refractivity contribution in [3.05, 3.63) is 30.1 Å². The van der Waals surface area contributed by atoms with E-state index < -0.39 is 0 Å². The van der Waals surface area contributed by atoms with Gasteiger partial charge >= 0.3 is 0 Å². The maximum Gasteiger partial charge on any atom is 0.0692 e. The highest BCUT2D eigenvalue weighted by molar-refractivity contribution is 5.09. The molecule has 1 saturated heterocycles. The number of rotatable bonds is 8. The van der Waals surface area contributed by atoms with Crippen LogP contribution in [0, 0.1) is 5.92 Å². The Kier molecular flexibility index (Phi) is 7.30. The highest BCUT2D eigenvalue weighted by Crippen LogP contribution is 2.15. The van der Waals surface area contributed by atoms with E-state index in [1.165, 1.54) is 18.4 Å². The van der Waals surface area contributed by atoms with E-state index in [1.807, 2.05) is 12.4 Å². The molecule has 1 aromatic heterocycles. The minimum atomic E-state index is -0.204. The van der Waals surface area contributed by atoms with Crippen LogP contribution in [0.15, 0.2) is 24.5 Å². The van der Waals surface area contributed by atoms with Gasteiger partial charge in [0.2, 0.25) is 0 Å². The summed E-state index contributed by atoms with van der Waals surface area (Å²) in [5.74, 6) is 0.430. The average molecular weight is 305 g/mol. The quantitative estimate of drug-likeness (QED) is 0.774. The van der Waals surface area contributed by atoms with Crippen LogP contribution in [0.5, 0.6) is 0 Å². The molecule has 1 unspecified atom stereocenters. The first-order chi connectivity index (χ1) is 10.7. The molecule has 2 rings (SSSR count). The number of hydrogen-bond donors (Lipinski definition) is 2. The Hall–Kier alpha value is -0.970. The molecule has 2 heterocycles. The molecule has 22 heavy (non-hydrogen) atoms. The molecule has 1 fully saturated rings. The Balaban J connectivity index is 1.67. The molecule has 4 heteroatoms. The van der Waals surface area contributed by atoms with E-state index in [0.717, 1.165) is 39.0 Å². The normalized spacial score (nSPS) is 18.7. The van der Waals surface area contributed by atoms with Crippen molar-refractivity contribution in [2.75, 3.05) is 19.6 Å². The molecule has 1 atom stereocenters. The van der Waals surface area contributed by atoms with Gasteiger partial charge in [-0.15, -0.1) is 0 Å². The van der Waals surface area contributed by atoms with Crippen LogP contribution in [0.2, 0.25) is 0 Å². The van der Waals surface area contributed by atoms with Gasteiger partial charge in [-0.1, -0.05) is 26.7 Å². The lowest BCUT2D eigenvalue weighted by Crippen LogP contribution is -2.45. The number of aliphatic hydroxyl groups excluding tert-OH is 1. The second kappa shape index (κ2) is 9.23. The highest BCUT2D eigenvalue weighted by Gasteiger charge is 2.21. The standard InChI is InChI=1S/C18H31N3O/c1-3-16(4-2)18(22)13-20-17-7-11-21(12-8-17)14-15-5-9-19-10-6-15/h5-6,9-10,16-18,20,22H,3-4,7-8,11-14H2,1-2H3. The second-order valence-electron chi connectivity index (χ2n) is 6.46. The van der Waals surface area contributed by atoms with Gasteiger partial charge in [0.25, 0.3) is 0 Å². The number of piperidine rings is 1. The van der Waals surface area contributed by atoms with Gasteiger partial charge in [0.15, 0.2) is 0 Å². The SMILES string of the molecule is CCC(CC)C(O)CNC1CCN(Cc2ccncc2)CC1. The summed E-state index contributed by atoms with van der Waals surface area (Å²) >= 11 is 0. The third kappa shape index (κ3) is 5.34. The van der Waals surface area contributed by atoms with Gasteiger partial charge in [0.1, 0.15) is 0 Å². The molecule has 0 aliphatic carbocycles. The van der Waals surface area contributed by atoms with Crippen molar-refractivity contribution in [1.82, 2.24) is 15.2 Å². The van der Waals surface area contributed by atoms with Gasteiger partial charge in [-0.25, -0.2) is 0 Å². The molecule has 0 bridgehead atoms. The summed E-state index contributed by atoms with van der Waals surface area (Å²) in [5.41, 5.74) is 1.34. The van der Waals surface area contributed by atoms with Crippen molar-refractivity contribution in [3.8, 4) is 0 Å². The number of nitrogens with zero attached hydrogens (tertiary/aromatic N) is 2. The number of hydrogen-bond acceptors (Lipinski definition) is 4. The third-order valence-electron chi connectivity index (χ3n) is 4.95. The van der Waals surface area contributed by atoms with E-state index in [-0.39, 0.29) is 6.10 Å². The number of aliphatic hydroxyl groups is 1. The van der Waals surface area contributed by atoms with Crippen LogP contribution >= 0.6 is 0 Å². The van der Waals surface area contributed by atoms with Gasteiger partial charge in [0.05, 0.1) is 6.10 Å². The third-order valence-corrected chi connectivity index (χ3v) is 4.95. The van der Waals surface area contributed by atoms with Gasteiger partial charge in [-0.2, -0.15) is 0 Å². The fourth-order valence-corrected chi connectivity index (χ4v) is 3.33. The first-order valence-corrected chi connectivity index (χ1v) is 8.75. The lowest BCUT2D eigenvalue weighted by molar-refractivity contribution is 0.0925. The molecule has 0 amide bonds. The zero-order valence-electron chi connectivity index (χ0n) is 14.0. The first kappa shape index (κ1) is 17.4. The van der Waals surface area contributed by atoms with Crippen molar-refractivity contribution in [1.29, 1.82) is 0 Å². The molecule has 0 saturated carbocycles. The molecule has 0 spiro atoms. The molecule has 1 aliphatic heterocycles. The van der Waals surface area contributed by atoms with Crippen LogP contribution in [0.25, 0.3) is 0 Å². The molecule has 2 N–H and O–H groups in total. The largest absolute Gasteiger partial charge is 0.392 e. The van der Waals surface area contributed by atoms with Crippen molar-refractivity contribution >= 4 is 0 Å². The van der Waals surface area contributed by atoms with E-state index in [4.69, 9.17) is 0 Å². The summed E-state index contributed by atoms with van der Waals surface area (Å²) in [6.45, 7) is 8.33. The highest BCUT2D eigenvalue weighted by atomic mass is 16.3. The molecule has 0 radical (unpaired) electrons. The fraction of sp³-hybridized carbons (Fsp3) is 0.722. The number of aromatic nitrogens is 1. The predicted octanol–water partition coefficient (Wildman–Crippen LogP) is 2.43. The summed E-state index contributed by atoms with van der Waals surface area (Å²) in [4.78, 5) is 6.57. The van der Waals surface area contributed by atoms with E-state index in [0.29, 0.717) is 12.0 Å². The summed E-state index contributed by atoms with van der Waals surface area (Å²) < 4.78 is 0. The number of likely N-dealkylation sites (tertiary alicyclic amines) is 1. The Morgan fingerprint density at radius 3 is 2.45 bits per heavy atom. The topological polar surface area (TPSA) is 48.4 Å². The molecular weight excluding hydrogens is 274 g/mol. The lowest BCUT2D eigenvalue weighted by atomic mass is 9.96. The predicted molar refractivity (Wildman–Crippen MR) is 90.6 cm³/mol. The molecule has 4 nitrogen and oxygen atoms in total. The smallest absolute Gasteiger partial charge is 0.0692 e. The van der Waals surface area contributed by atoms with Crippen molar-refractivity contribution < 1.29 is 5.11 Å². The summed E-state index contributed by atoms with van der Waals surface area (Å²) in [7, 11) is 0. The van der Waals surface area contributed by atoms with E-state index in [9.17, 15) is 5.11 Å². The minimum absolute atomic E-state index is 0.204. The maximum absolute atomic E-state index is 10.2. The monoisotopic (exact) mass is 305 g/mol. The lowest BCUT2D eigenvalue weighted by Gasteiger charge is -2.33. The zero-order chi connectivity index (χ0) is 15.8. The van der Waals surface area contributed by atoms with E-state index in [2.05, 4.69) is 41.2 Å². The van der Waals surface area contributed by atoms with E-state index >= 15 is 0 Å². The fourth-order valence-electron chi connectivity index (χ4n) is 3.33. The van der Waals surface area contributed by atoms with Gasteiger partial charge in [0, 0.05) is 31.5 Å². The zero-order valence-corrected chi connectivity index (χ0v) is 14.0. The Morgan fingerprint density at radius 1 is 1.23 bits per heavy atom. The summed E-state index contributed by atoms with van der Waals surface area (Å²) in [5, 5.41) is 13.8. The Bertz CT molecular complexity index is 400. The number of pyridine rings is 1. The van der Waals surface area contributed by atoms with Gasteiger partial charge in [-0.05, 0) is 49.5 Å². The minimum Gasteiger partial charge on any atom is -0.392 e. The maximum atomic E-state index is 10.2. The van der Waals surface area contributed by atoms with Crippen LogP contribution < -0.4 is 5.32 Å². The van der Waals surface area contributed by atoms with Crippen LogP contribution in [-0.2, 0) is 6.54 Å². The Morgan fingerprint density at radius 2 is 1.86 bits per heavy atom. The molecule has 124 valence electrons. The Labute approximate surface area is 134 Å². The van der Waals surface area contributed by atoms with Crippen LogP contribution in [0.3, 0.4) is 0 Å². The van der Waals surface area contributed by atoms with Gasteiger partial charge < -0.3 is 10.4 Å². The second-order valence-corrected chi connectivity index (χ2v) is 6.46. The van der Waals surface area contributed by atoms with Crippen molar-refractivity contribution in [3.63, 3.8) is 0 Å².